The van der Waals surface area contributed by atoms with Crippen LogP contribution in [-0.4, -0.2) is 40.0 Å². The van der Waals surface area contributed by atoms with Crippen LogP contribution in [0.15, 0.2) is 48.5 Å². The molecule has 3 aromatic rings. The molecule has 9 heteroatoms. The molecule has 30 heavy (non-hydrogen) atoms. The van der Waals surface area contributed by atoms with Gasteiger partial charge in [-0.2, -0.15) is 0 Å². The van der Waals surface area contributed by atoms with E-state index in [0.717, 1.165) is 5.56 Å². The summed E-state index contributed by atoms with van der Waals surface area (Å²) in [5.41, 5.74) is 1.29. The van der Waals surface area contributed by atoms with Crippen molar-refractivity contribution in [2.45, 2.75) is 32.0 Å². The number of ether oxygens (including phenoxy) is 1. The van der Waals surface area contributed by atoms with Crippen molar-refractivity contribution in [3.8, 4) is 0 Å². The average molecular weight is 411 g/mol. The van der Waals surface area contributed by atoms with Gasteiger partial charge in [0.05, 0.1) is 34.7 Å². The van der Waals surface area contributed by atoms with Crippen molar-refractivity contribution in [2.75, 3.05) is 13.7 Å². The van der Waals surface area contributed by atoms with Crippen LogP contribution < -0.4 is 10.6 Å². The number of rotatable bonds is 9. The van der Waals surface area contributed by atoms with Crippen LogP contribution in [0, 0.1) is 10.1 Å². The highest BCUT2D eigenvalue weighted by Crippen LogP contribution is 2.22. The summed E-state index contributed by atoms with van der Waals surface area (Å²) in [5, 5.41) is 17.0. The number of aromatic amines is 1. The molecule has 0 aliphatic rings. The molecule has 3 N–H and O–H groups in total. The number of carbonyl (C=O) groups excluding carboxylic acids is 1. The molecular formula is C21H25N5O4. The number of nitrogens with zero attached hydrogens (tertiary/aromatic N) is 2. The summed E-state index contributed by atoms with van der Waals surface area (Å²) in [5.74, 6) is 0.253. The lowest BCUT2D eigenvalue weighted by Gasteiger charge is -2.26. The molecule has 0 aliphatic carbocycles. The van der Waals surface area contributed by atoms with Crippen LogP contribution in [0.2, 0.25) is 0 Å². The lowest BCUT2D eigenvalue weighted by Crippen LogP contribution is -2.52. The van der Waals surface area contributed by atoms with E-state index >= 15 is 0 Å². The van der Waals surface area contributed by atoms with Crippen molar-refractivity contribution in [3.63, 3.8) is 0 Å². The molecule has 9 nitrogen and oxygen atoms in total. The topological polar surface area (TPSA) is 122 Å². The molecule has 3 rings (SSSR count). The standard InChI is InChI=1S/C21H25N5O4/c1-21(2,22-3)20(27)25-18(13-30-12-14-7-5-4-6-8-14)19-23-16-10-9-15(26(28)29)11-17(16)24-19/h4-11,18,22H,12-13H2,1-3H3,(H,23,24)(H,25,27). The predicted molar refractivity (Wildman–Crippen MR) is 113 cm³/mol. The van der Waals surface area contributed by atoms with Gasteiger partial charge in [-0.3, -0.25) is 14.9 Å². The summed E-state index contributed by atoms with van der Waals surface area (Å²) < 4.78 is 5.84. The van der Waals surface area contributed by atoms with Gasteiger partial charge in [0.2, 0.25) is 5.91 Å². The molecule has 0 saturated carbocycles. The maximum absolute atomic E-state index is 12.7. The van der Waals surface area contributed by atoms with Gasteiger partial charge in [-0.05, 0) is 32.5 Å². The van der Waals surface area contributed by atoms with Gasteiger partial charge >= 0.3 is 0 Å². The van der Waals surface area contributed by atoms with Crippen LogP contribution >= 0.6 is 0 Å². The Morgan fingerprint density at radius 3 is 2.67 bits per heavy atom. The molecule has 0 spiro atoms. The lowest BCUT2D eigenvalue weighted by molar-refractivity contribution is -0.384. The third kappa shape index (κ3) is 5.00. The third-order valence-corrected chi connectivity index (χ3v) is 4.92. The summed E-state index contributed by atoms with van der Waals surface area (Å²) >= 11 is 0. The molecule has 0 radical (unpaired) electrons. The molecule has 0 aliphatic heterocycles. The molecule has 158 valence electrons. The zero-order valence-corrected chi connectivity index (χ0v) is 17.1. The van der Waals surface area contributed by atoms with Gasteiger partial charge in [-0.1, -0.05) is 30.3 Å². The minimum atomic E-state index is -0.789. The van der Waals surface area contributed by atoms with Gasteiger partial charge in [0.15, 0.2) is 0 Å². The monoisotopic (exact) mass is 411 g/mol. The smallest absolute Gasteiger partial charge is 0.271 e. The first-order chi connectivity index (χ1) is 14.3. The quantitative estimate of drug-likeness (QED) is 0.368. The first-order valence-corrected chi connectivity index (χ1v) is 9.56. The van der Waals surface area contributed by atoms with Crippen molar-refractivity contribution >= 4 is 22.6 Å². The van der Waals surface area contributed by atoms with E-state index in [0.29, 0.717) is 23.5 Å². The number of carbonyl (C=O) groups is 1. The van der Waals surface area contributed by atoms with Crippen molar-refractivity contribution in [2.24, 2.45) is 0 Å². The average Bonchev–Trinajstić information content (AvgIpc) is 3.16. The summed E-state index contributed by atoms with van der Waals surface area (Å²) in [4.78, 5) is 30.9. The number of nitro groups is 1. The fourth-order valence-corrected chi connectivity index (χ4v) is 2.81. The van der Waals surface area contributed by atoms with Crippen molar-refractivity contribution in [1.82, 2.24) is 20.6 Å². The number of nitro benzene ring substituents is 1. The Kier molecular flexibility index (Phi) is 6.43. The molecule has 1 aromatic heterocycles. The number of aromatic nitrogens is 2. The van der Waals surface area contributed by atoms with E-state index in [-0.39, 0.29) is 18.2 Å². The number of non-ortho nitro benzene ring substituents is 1. The summed E-state index contributed by atoms with van der Waals surface area (Å²) in [7, 11) is 1.71. The largest absolute Gasteiger partial charge is 0.374 e. The van der Waals surface area contributed by atoms with Gasteiger partial charge < -0.3 is 20.4 Å². The minimum Gasteiger partial charge on any atom is -0.374 e. The maximum atomic E-state index is 12.7. The Morgan fingerprint density at radius 1 is 1.27 bits per heavy atom. The van der Waals surface area contributed by atoms with Crippen LogP contribution in [0.4, 0.5) is 5.69 Å². The van der Waals surface area contributed by atoms with Crippen LogP contribution in [0.5, 0.6) is 0 Å². The second-order valence-electron chi connectivity index (χ2n) is 7.48. The second kappa shape index (κ2) is 9.02. The number of hydrogen-bond donors (Lipinski definition) is 3. The number of amides is 1. The van der Waals surface area contributed by atoms with E-state index in [2.05, 4.69) is 20.6 Å². The highest BCUT2D eigenvalue weighted by Gasteiger charge is 2.29. The first kappa shape index (κ1) is 21.4. The Bertz CT molecular complexity index is 1030. The van der Waals surface area contributed by atoms with Crippen LogP contribution in [0.3, 0.4) is 0 Å². The van der Waals surface area contributed by atoms with Gasteiger partial charge in [0.25, 0.3) is 5.69 Å². The van der Waals surface area contributed by atoms with E-state index in [1.165, 1.54) is 12.1 Å². The number of benzene rings is 2. The Hall–Kier alpha value is -3.30. The molecule has 1 amide bonds. The molecule has 0 fully saturated rings. The number of H-pyrrole nitrogens is 1. The Labute approximate surface area is 174 Å². The summed E-state index contributed by atoms with van der Waals surface area (Å²) in [6.45, 7) is 4.11. The van der Waals surface area contributed by atoms with E-state index < -0.39 is 16.5 Å². The minimum absolute atomic E-state index is 0.0325. The Balaban J connectivity index is 1.83. The van der Waals surface area contributed by atoms with Crippen LogP contribution in [0.1, 0.15) is 31.3 Å². The van der Waals surface area contributed by atoms with Crippen molar-refractivity contribution in [1.29, 1.82) is 0 Å². The first-order valence-electron chi connectivity index (χ1n) is 9.56. The summed E-state index contributed by atoms with van der Waals surface area (Å²) in [6, 6.07) is 13.5. The number of likely N-dealkylation sites (N-methyl/N-ethyl adjacent to an activating group) is 1. The fourth-order valence-electron chi connectivity index (χ4n) is 2.81. The third-order valence-electron chi connectivity index (χ3n) is 4.92. The SMILES string of the molecule is CNC(C)(C)C(=O)NC(COCc1ccccc1)c1nc2ccc([N+](=O)[O-])cc2[nH]1. The van der Waals surface area contributed by atoms with Crippen molar-refractivity contribution < 1.29 is 14.5 Å². The molecule has 1 heterocycles. The zero-order chi connectivity index (χ0) is 21.7. The molecule has 0 bridgehead atoms. The highest BCUT2D eigenvalue weighted by atomic mass is 16.6. The summed E-state index contributed by atoms with van der Waals surface area (Å²) in [6.07, 6.45) is 0. The molecule has 2 aromatic carbocycles. The molecular weight excluding hydrogens is 386 g/mol. The van der Waals surface area contributed by atoms with Crippen molar-refractivity contribution in [3.05, 3.63) is 70.0 Å². The van der Waals surface area contributed by atoms with Gasteiger partial charge in [-0.25, -0.2) is 4.98 Å². The zero-order valence-electron chi connectivity index (χ0n) is 17.1. The van der Waals surface area contributed by atoms with Gasteiger partial charge in [0, 0.05) is 12.1 Å². The number of fused-ring (bicyclic) bond motifs is 1. The maximum Gasteiger partial charge on any atom is 0.271 e. The van der Waals surface area contributed by atoms with E-state index in [4.69, 9.17) is 4.74 Å². The van der Waals surface area contributed by atoms with Gasteiger partial charge in [-0.15, -0.1) is 0 Å². The van der Waals surface area contributed by atoms with E-state index in [9.17, 15) is 14.9 Å². The fraction of sp³-hybridized carbons (Fsp3) is 0.333. The molecule has 1 atom stereocenters. The number of imidazole rings is 1. The molecule has 1 unspecified atom stereocenters. The number of nitrogens with one attached hydrogen (secondary N) is 3. The number of hydrogen-bond acceptors (Lipinski definition) is 6. The van der Waals surface area contributed by atoms with E-state index in [1.54, 1.807) is 27.0 Å². The van der Waals surface area contributed by atoms with E-state index in [1.807, 2.05) is 30.3 Å². The van der Waals surface area contributed by atoms with Gasteiger partial charge in [0.1, 0.15) is 11.9 Å². The molecule has 0 saturated heterocycles. The highest BCUT2D eigenvalue weighted by molar-refractivity contribution is 5.86. The van der Waals surface area contributed by atoms with Crippen LogP contribution in [0.25, 0.3) is 11.0 Å². The lowest BCUT2D eigenvalue weighted by atomic mass is 10.0. The second-order valence-corrected chi connectivity index (χ2v) is 7.48. The normalized spacial score (nSPS) is 12.6. The predicted octanol–water partition coefficient (Wildman–Crippen LogP) is 2.84. The Morgan fingerprint density at radius 2 is 2.00 bits per heavy atom. The van der Waals surface area contributed by atoms with Crippen LogP contribution in [-0.2, 0) is 16.1 Å².